The number of anilines is 6. The SMILES string of the molecule is CCCCCCC1(CCCCCC)c2ccccc2-c2ccc(N(c3ccc4c(-c5cccc6cc(N(c7ccc8c(c7)C(CCCCCC)(CCCCCC)c7ccccc7-8)c7ccc8c(c7)c7ccccc7n8-c7ccccc7)ccc56)cccc4c3)c3ccc4c(c3)c3ccccc3n4-c3ccccc3)cc21. The van der Waals surface area contributed by atoms with E-state index in [0.717, 1.165) is 59.8 Å². The molecule has 0 amide bonds. The molecule has 4 heteroatoms. The Morgan fingerprint density at radius 3 is 0.945 bits per heavy atom. The molecule has 4 nitrogen and oxygen atoms in total. The van der Waals surface area contributed by atoms with Crippen LogP contribution in [0.3, 0.4) is 0 Å². The zero-order valence-electron chi connectivity index (χ0n) is 64.8. The van der Waals surface area contributed by atoms with Gasteiger partial charge in [0.25, 0.3) is 0 Å². The third-order valence-electron chi connectivity index (χ3n) is 25.2. The number of unbranched alkanes of at least 4 members (excludes halogenated alkanes) is 12. The van der Waals surface area contributed by atoms with Gasteiger partial charge >= 0.3 is 0 Å². The maximum atomic E-state index is 2.63. The third-order valence-corrected chi connectivity index (χ3v) is 25.2. The molecule has 0 saturated heterocycles. The molecule has 0 unspecified atom stereocenters. The van der Waals surface area contributed by atoms with Crippen molar-refractivity contribution in [3.63, 3.8) is 0 Å². The average Bonchev–Trinajstić information content (AvgIpc) is 1.61. The summed E-state index contributed by atoms with van der Waals surface area (Å²) in [5, 5.41) is 9.84. The fourth-order valence-corrected chi connectivity index (χ4v) is 20.0. The number of hydrogen-bond donors (Lipinski definition) is 0. The summed E-state index contributed by atoms with van der Waals surface area (Å²) in [5.41, 5.74) is 28.1. The van der Waals surface area contributed by atoms with Crippen molar-refractivity contribution in [3.05, 3.63) is 326 Å². The van der Waals surface area contributed by atoms with Crippen LogP contribution >= 0.6 is 0 Å². The number of fused-ring (bicyclic) bond motifs is 14. The maximum absolute atomic E-state index is 2.63. The molecule has 0 saturated carbocycles. The van der Waals surface area contributed by atoms with Crippen LogP contribution in [0.4, 0.5) is 34.1 Å². The lowest BCUT2D eigenvalue weighted by Crippen LogP contribution is -2.26. The zero-order valence-corrected chi connectivity index (χ0v) is 64.8. The first-order chi connectivity index (χ1) is 54.4. The lowest BCUT2D eigenvalue weighted by Gasteiger charge is -2.34. The highest BCUT2D eigenvalue weighted by atomic mass is 15.2. The monoisotopic (exact) mass is 1430 g/mol. The Labute approximate surface area is 651 Å². The minimum Gasteiger partial charge on any atom is -0.310 e. The molecule has 0 spiro atoms. The Morgan fingerprint density at radius 2 is 0.536 bits per heavy atom. The second kappa shape index (κ2) is 30.7. The van der Waals surface area contributed by atoms with Crippen molar-refractivity contribution in [2.45, 2.75) is 167 Å². The molecule has 0 bridgehead atoms. The first-order valence-electron chi connectivity index (χ1n) is 41.7. The molecule has 2 aromatic heterocycles. The van der Waals surface area contributed by atoms with Gasteiger partial charge in [-0.2, -0.15) is 0 Å². The summed E-state index contributed by atoms with van der Waals surface area (Å²) in [6.07, 6.45) is 24.6. The molecule has 546 valence electrons. The molecule has 2 heterocycles. The number of para-hydroxylation sites is 4. The molecule has 0 fully saturated rings. The highest BCUT2D eigenvalue weighted by molar-refractivity contribution is 6.13. The normalized spacial score (nSPS) is 13.2. The van der Waals surface area contributed by atoms with Gasteiger partial charge in [-0.05, 0) is 224 Å². The Balaban J connectivity index is 0.781. The van der Waals surface area contributed by atoms with Gasteiger partial charge in [-0.15, -0.1) is 0 Å². The summed E-state index contributed by atoms with van der Waals surface area (Å²) < 4.78 is 4.88. The quantitative estimate of drug-likeness (QED) is 0.0435. The zero-order chi connectivity index (χ0) is 74.1. The van der Waals surface area contributed by atoms with Crippen molar-refractivity contribution < 1.29 is 0 Å². The number of benzene rings is 14. The fourth-order valence-electron chi connectivity index (χ4n) is 20.0. The van der Waals surface area contributed by atoms with Crippen molar-refractivity contribution in [1.82, 2.24) is 9.13 Å². The van der Waals surface area contributed by atoms with Crippen LogP contribution in [0.1, 0.15) is 178 Å². The highest BCUT2D eigenvalue weighted by Crippen LogP contribution is 2.58. The van der Waals surface area contributed by atoms with Gasteiger partial charge in [0, 0.05) is 77.9 Å². The van der Waals surface area contributed by atoms with Gasteiger partial charge < -0.3 is 18.9 Å². The van der Waals surface area contributed by atoms with Gasteiger partial charge in [0.15, 0.2) is 0 Å². The van der Waals surface area contributed by atoms with Gasteiger partial charge in [-0.25, -0.2) is 0 Å². The van der Waals surface area contributed by atoms with E-state index in [0.29, 0.717) is 0 Å². The summed E-state index contributed by atoms with van der Waals surface area (Å²) >= 11 is 0. The molecule has 0 radical (unpaired) electrons. The van der Waals surface area contributed by atoms with E-state index in [1.54, 1.807) is 0 Å². The molecule has 2 aliphatic rings. The van der Waals surface area contributed by atoms with E-state index in [4.69, 9.17) is 0 Å². The molecule has 0 aliphatic heterocycles. The van der Waals surface area contributed by atoms with Crippen LogP contribution in [0.5, 0.6) is 0 Å². The van der Waals surface area contributed by atoms with E-state index in [2.05, 4.69) is 350 Å². The second-order valence-corrected chi connectivity index (χ2v) is 31.8. The molecule has 110 heavy (non-hydrogen) atoms. The largest absolute Gasteiger partial charge is 0.310 e. The number of aromatic nitrogens is 2. The van der Waals surface area contributed by atoms with Crippen LogP contribution in [-0.2, 0) is 10.8 Å². The van der Waals surface area contributed by atoms with E-state index < -0.39 is 0 Å². The van der Waals surface area contributed by atoms with Crippen LogP contribution in [0.15, 0.2) is 303 Å². The summed E-state index contributed by atoms with van der Waals surface area (Å²) in [6, 6.07) is 117. The summed E-state index contributed by atoms with van der Waals surface area (Å²) in [5.74, 6) is 0. The Morgan fingerprint density at radius 1 is 0.218 bits per heavy atom. The van der Waals surface area contributed by atoms with Crippen LogP contribution in [0.25, 0.3) is 110 Å². The summed E-state index contributed by atoms with van der Waals surface area (Å²) in [7, 11) is 0. The lowest BCUT2D eigenvalue weighted by atomic mass is 9.70. The standard InChI is InChI=1S/C106H102N4/c1-5-9-13-31-65-105(66-32-14-10-6-2)97-49-27-23-43-89(97)91-61-55-83(73-99(91)105)107(81-57-63-103-95(71-81)93-45-25-29-51-101(93)109(103)77-39-19-17-20-40-77)79-53-59-85-75(69-79)37-35-47-87(85)88-48-36-38-76-70-80(54-60-86(76)88)108(82-58-64-104-96(72-82)94-46-26-30-52-102(94)110(104)78-41-21-18-22-42-78)84-56-62-92-90-44-24-28-50-98(90)106(100(92)74-84,67-33-15-11-7-3)68-34-16-12-8-4/h17-30,35-64,69-74H,5-16,31-34,65-68H2,1-4H3. The summed E-state index contributed by atoms with van der Waals surface area (Å²) in [4.78, 5) is 5.15. The van der Waals surface area contributed by atoms with E-state index in [9.17, 15) is 0 Å². The van der Waals surface area contributed by atoms with E-state index >= 15 is 0 Å². The van der Waals surface area contributed by atoms with Gasteiger partial charge in [0.1, 0.15) is 0 Å². The van der Waals surface area contributed by atoms with E-state index in [-0.39, 0.29) is 10.8 Å². The molecule has 14 aromatic carbocycles. The van der Waals surface area contributed by atoms with E-state index in [1.807, 2.05) is 0 Å². The Kier molecular flexibility index (Phi) is 19.7. The van der Waals surface area contributed by atoms with Gasteiger partial charge in [-0.3, -0.25) is 0 Å². The summed E-state index contributed by atoms with van der Waals surface area (Å²) in [6.45, 7) is 9.37. The predicted molar refractivity (Wildman–Crippen MR) is 472 cm³/mol. The molecular formula is C106H102N4. The van der Waals surface area contributed by atoms with Gasteiger partial charge in [0.05, 0.1) is 22.1 Å². The highest BCUT2D eigenvalue weighted by Gasteiger charge is 2.44. The van der Waals surface area contributed by atoms with Crippen LogP contribution in [-0.4, -0.2) is 9.13 Å². The fraction of sp³-hybridized carbons (Fsp3) is 0.245. The van der Waals surface area contributed by atoms with Crippen molar-refractivity contribution in [2.24, 2.45) is 0 Å². The Hall–Kier alpha value is -11.2. The third kappa shape index (κ3) is 12.5. The number of hydrogen-bond acceptors (Lipinski definition) is 2. The minimum atomic E-state index is -0.0694. The van der Waals surface area contributed by atoms with E-state index in [1.165, 1.54) is 235 Å². The topological polar surface area (TPSA) is 16.3 Å². The Bertz CT molecular complexity index is 5630. The molecular weight excluding hydrogens is 1330 g/mol. The number of nitrogens with zero attached hydrogens (tertiary/aromatic N) is 4. The first kappa shape index (κ1) is 70.5. The first-order valence-corrected chi connectivity index (χ1v) is 41.7. The smallest absolute Gasteiger partial charge is 0.0542 e. The molecule has 0 N–H and O–H groups in total. The van der Waals surface area contributed by atoms with Crippen LogP contribution < -0.4 is 9.80 Å². The van der Waals surface area contributed by atoms with Gasteiger partial charge in [0.2, 0.25) is 0 Å². The van der Waals surface area contributed by atoms with Crippen LogP contribution in [0, 0.1) is 0 Å². The van der Waals surface area contributed by atoms with Crippen molar-refractivity contribution in [2.75, 3.05) is 9.80 Å². The molecule has 2 aliphatic carbocycles. The predicted octanol–water partition coefficient (Wildman–Crippen LogP) is 31.2. The van der Waals surface area contributed by atoms with Crippen molar-refractivity contribution >= 4 is 99.3 Å². The lowest BCUT2D eigenvalue weighted by molar-refractivity contribution is 0.401. The van der Waals surface area contributed by atoms with Crippen molar-refractivity contribution in [1.29, 1.82) is 0 Å². The molecule has 16 aromatic rings. The second-order valence-electron chi connectivity index (χ2n) is 31.8. The maximum Gasteiger partial charge on any atom is 0.0542 e. The van der Waals surface area contributed by atoms with Crippen molar-refractivity contribution in [3.8, 4) is 44.8 Å². The molecule has 0 atom stereocenters. The average molecular weight is 1430 g/mol. The number of rotatable bonds is 29. The van der Waals surface area contributed by atoms with Crippen LogP contribution in [0.2, 0.25) is 0 Å². The molecule has 18 rings (SSSR count). The minimum absolute atomic E-state index is 0.0694. The van der Waals surface area contributed by atoms with Gasteiger partial charge in [-0.1, -0.05) is 312 Å².